The van der Waals surface area contributed by atoms with Gasteiger partial charge in [0.25, 0.3) is 0 Å². The van der Waals surface area contributed by atoms with Gasteiger partial charge >= 0.3 is 0 Å². The fraction of sp³-hybridized carbons (Fsp3) is 0.462. The van der Waals surface area contributed by atoms with Gasteiger partial charge in [0, 0.05) is 5.56 Å². The second-order valence-electron chi connectivity index (χ2n) is 5.15. The first-order valence-electron chi connectivity index (χ1n) is 6.62. The minimum atomic E-state index is -1.25. The van der Waals surface area contributed by atoms with Crippen LogP contribution in [-0.4, -0.2) is 55.2 Å². The Bertz CT molecular complexity index is 740. The molecule has 3 aliphatic heterocycles. The number of halogens is 1. The van der Waals surface area contributed by atoms with Crippen LogP contribution in [0, 0.1) is 17.5 Å². The Morgan fingerprint density at radius 2 is 2.09 bits per heavy atom. The zero-order chi connectivity index (χ0) is 16.0. The fourth-order valence-electron chi connectivity index (χ4n) is 2.46. The van der Waals surface area contributed by atoms with Gasteiger partial charge in [0.2, 0.25) is 5.95 Å². The lowest BCUT2D eigenvalue weighted by molar-refractivity contribution is -0.0229. The zero-order valence-electron chi connectivity index (χ0n) is 11.5. The van der Waals surface area contributed by atoms with Crippen molar-refractivity contribution in [2.45, 2.75) is 31.3 Å². The minimum absolute atomic E-state index is 0.101. The number of aromatic amines is 1. The van der Waals surface area contributed by atoms with Crippen molar-refractivity contribution in [3.05, 3.63) is 27.9 Å². The van der Waals surface area contributed by atoms with Crippen molar-refractivity contribution in [3.8, 4) is 11.5 Å². The summed E-state index contributed by atoms with van der Waals surface area (Å²) < 4.78 is 19.0. The second-order valence-corrected chi connectivity index (χ2v) is 5.53. The van der Waals surface area contributed by atoms with E-state index in [0.717, 1.165) is 0 Å². The molecule has 0 aromatic heterocycles. The molecule has 1 unspecified atom stereocenters. The number of aliphatic hydroxyl groups is 3. The molecule has 0 saturated carbocycles. The Kier molecular flexibility index (Phi) is 3.91. The number of fused-ring (bicyclic) bond motifs is 1. The normalized spacial score (nSPS) is 28.4. The lowest BCUT2D eigenvalue weighted by Gasteiger charge is -2.16. The maximum atomic E-state index is 13.5. The highest BCUT2D eigenvalue weighted by Crippen LogP contribution is 2.35. The van der Waals surface area contributed by atoms with Crippen molar-refractivity contribution in [2.75, 3.05) is 6.61 Å². The number of rotatable bonds is 2. The molecule has 3 rings (SSSR count). The van der Waals surface area contributed by atoms with Gasteiger partial charge < -0.3 is 25.0 Å². The minimum Gasteiger partial charge on any atom is -0.394 e. The summed E-state index contributed by atoms with van der Waals surface area (Å²) in [4.78, 5) is 10.6. The van der Waals surface area contributed by atoms with Crippen LogP contribution in [0.2, 0.25) is 0 Å². The Labute approximate surface area is 129 Å². The molecule has 118 valence electrons. The molecule has 0 aliphatic carbocycles. The number of hydrogen-bond donors (Lipinski definition) is 4. The molecular weight excluding hydrogens is 313 g/mol. The van der Waals surface area contributed by atoms with Crippen molar-refractivity contribution in [2.24, 2.45) is 0 Å². The third-order valence-corrected chi connectivity index (χ3v) is 4.00. The van der Waals surface area contributed by atoms with Crippen LogP contribution in [0.1, 0.15) is 17.4 Å². The number of aromatic nitrogens is 3. The van der Waals surface area contributed by atoms with Crippen molar-refractivity contribution >= 4 is 12.2 Å². The quantitative estimate of drug-likeness (QED) is 0.585. The van der Waals surface area contributed by atoms with Gasteiger partial charge in [-0.05, 0) is 13.0 Å². The van der Waals surface area contributed by atoms with E-state index >= 15 is 0 Å². The lowest BCUT2D eigenvalue weighted by atomic mass is 10.0. The number of pyridine rings is 1. The fourth-order valence-corrected chi connectivity index (χ4v) is 2.73. The van der Waals surface area contributed by atoms with Gasteiger partial charge in [-0.25, -0.2) is 9.97 Å². The van der Waals surface area contributed by atoms with Gasteiger partial charge in [0.1, 0.15) is 34.8 Å². The average molecular weight is 327 g/mol. The largest absolute Gasteiger partial charge is 0.394 e. The summed E-state index contributed by atoms with van der Waals surface area (Å²) in [6.45, 7) is 1.07. The molecular formula is C13H14FN3O4S. The number of ether oxygens (including phenoxy) is 1. The van der Waals surface area contributed by atoms with E-state index in [1.807, 2.05) is 0 Å². The molecule has 1 saturated heterocycles. The molecule has 0 radical (unpaired) electrons. The first kappa shape index (κ1) is 15.4. The molecule has 0 spiro atoms. The maximum absolute atomic E-state index is 13.5. The number of H-pyrrole nitrogens is 1. The van der Waals surface area contributed by atoms with Crippen LogP contribution in [0.3, 0.4) is 0 Å². The van der Waals surface area contributed by atoms with Crippen molar-refractivity contribution in [1.82, 2.24) is 15.0 Å². The zero-order valence-corrected chi connectivity index (χ0v) is 12.3. The van der Waals surface area contributed by atoms with Crippen molar-refractivity contribution < 1.29 is 24.4 Å². The van der Waals surface area contributed by atoms with E-state index in [1.54, 1.807) is 0 Å². The smallest absolute Gasteiger partial charge is 0.214 e. The first-order chi connectivity index (χ1) is 10.4. The molecule has 0 bridgehead atoms. The highest BCUT2D eigenvalue weighted by Gasteiger charge is 2.43. The van der Waals surface area contributed by atoms with Crippen LogP contribution >= 0.6 is 12.2 Å². The molecule has 0 amide bonds. The van der Waals surface area contributed by atoms with Gasteiger partial charge in [0.15, 0.2) is 5.82 Å². The summed E-state index contributed by atoms with van der Waals surface area (Å²) >= 11 is 5.14. The van der Waals surface area contributed by atoms with E-state index in [0.29, 0.717) is 11.3 Å². The highest BCUT2D eigenvalue weighted by atomic mass is 32.1. The molecule has 1 fully saturated rings. The molecule has 4 atom stereocenters. The summed E-state index contributed by atoms with van der Waals surface area (Å²) in [6, 6.07) is 1.54. The van der Waals surface area contributed by atoms with Gasteiger partial charge in [-0.1, -0.05) is 12.2 Å². The van der Waals surface area contributed by atoms with Gasteiger partial charge in [-0.2, -0.15) is 4.39 Å². The summed E-state index contributed by atoms with van der Waals surface area (Å²) in [5.74, 6) is -0.418. The van der Waals surface area contributed by atoms with Gasteiger partial charge in [-0.3, -0.25) is 0 Å². The molecule has 22 heavy (non-hydrogen) atoms. The first-order valence-corrected chi connectivity index (χ1v) is 7.02. The SMILES string of the molecule is Cc1nc2cc([C@@H]3O[C@H](CO)C(O)[C@@H]3O)c(=S)nc-2[nH]c1F. The van der Waals surface area contributed by atoms with E-state index in [1.165, 1.54) is 13.0 Å². The van der Waals surface area contributed by atoms with E-state index in [-0.39, 0.29) is 16.2 Å². The third-order valence-electron chi connectivity index (χ3n) is 3.68. The van der Waals surface area contributed by atoms with Gasteiger partial charge in [-0.15, -0.1) is 0 Å². The summed E-state index contributed by atoms with van der Waals surface area (Å²) in [6.07, 6.45) is -4.30. The maximum Gasteiger partial charge on any atom is 0.214 e. The molecule has 9 heteroatoms. The predicted octanol–water partition coefficient (Wildman–Crippen LogP) is 0.241. The molecule has 4 N–H and O–H groups in total. The van der Waals surface area contributed by atoms with Gasteiger partial charge in [0.05, 0.1) is 12.3 Å². The molecule has 3 aliphatic rings. The number of hydrogen-bond acceptors (Lipinski definition) is 7. The summed E-state index contributed by atoms with van der Waals surface area (Å²) in [5, 5.41) is 29.0. The monoisotopic (exact) mass is 327 g/mol. The van der Waals surface area contributed by atoms with E-state index < -0.39 is 37.0 Å². The van der Waals surface area contributed by atoms with Crippen LogP contribution < -0.4 is 0 Å². The Balaban J connectivity index is 2.09. The van der Waals surface area contributed by atoms with E-state index in [9.17, 15) is 14.6 Å². The molecule has 7 nitrogen and oxygen atoms in total. The van der Waals surface area contributed by atoms with E-state index in [2.05, 4.69) is 15.0 Å². The Morgan fingerprint density at radius 1 is 1.36 bits per heavy atom. The molecule has 0 aromatic carbocycles. The highest BCUT2D eigenvalue weighted by molar-refractivity contribution is 7.71. The number of aliphatic hydroxyl groups excluding tert-OH is 3. The van der Waals surface area contributed by atoms with E-state index in [4.69, 9.17) is 22.1 Å². The topological polar surface area (TPSA) is 111 Å². The third kappa shape index (κ3) is 2.40. The average Bonchev–Trinajstić information content (AvgIpc) is 2.76. The number of nitrogens with zero attached hydrogens (tertiary/aromatic N) is 2. The number of aryl methyl sites for hydroxylation is 1. The van der Waals surface area contributed by atoms with Crippen LogP contribution in [0.4, 0.5) is 4.39 Å². The lowest BCUT2D eigenvalue weighted by Crippen LogP contribution is -2.32. The predicted molar refractivity (Wildman–Crippen MR) is 75.2 cm³/mol. The van der Waals surface area contributed by atoms with Crippen molar-refractivity contribution in [1.29, 1.82) is 0 Å². The molecule has 3 heterocycles. The van der Waals surface area contributed by atoms with Crippen molar-refractivity contribution in [3.63, 3.8) is 0 Å². The van der Waals surface area contributed by atoms with Crippen LogP contribution in [0.5, 0.6) is 0 Å². The standard InChI is InChI=1S/C13H14FN3O4S/c1-4-11(14)16-12-6(15-4)2-5(13(22)17-12)10-9(20)8(19)7(3-18)21-10/h2,7-10,18-20H,3H2,1H3,(H,16,17,22)/t7-,8?,9+,10+/m1/s1. The summed E-state index contributed by atoms with van der Waals surface area (Å²) in [5.41, 5.74) is 0.885. The van der Waals surface area contributed by atoms with Crippen LogP contribution in [-0.2, 0) is 4.74 Å². The molecule has 0 aromatic rings. The Morgan fingerprint density at radius 3 is 2.73 bits per heavy atom. The van der Waals surface area contributed by atoms with Crippen LogP contribution in [0.25, 0.3) is 11.5 Å². The second kappa shape index (κ2) is 5.60. The number of nitrogens with one attached hydrogen (secondary N) is 1. The van der Waals surface area contributed by atoms with Crippen LogP contribution in [0.15, 0.2) is 6.07 Å². The Hall–Kier alpha value is -1.52. The summed E-state index contributed by atoms with van der Waals surface area (Å²) in [7, 11) is 0.